The van der Waals surface area contributed by atoms with E-state index in [1.54, 1.807) is 55.6 Å². The van der Waals surface area contributed by atoms with E-state index in [1.165, 1.54) is 30.8 Å². The second kappa shape index (κ2) is 12.1. The number of nitrogens with one attached hydrogen (secondary N) is 2. The van der Waals surface area contributed by atoms with Gasteiger partial charge in [-0.25, -0.2) is 9.18 Å². The Balaban J connectivity index is 1.89. The van der Waals surface area contributed by atoms with Crippen LogP contribution in [0.25, 0.3) is 28.1 Å². The number of rotatable bonds is 9. The number of esters is 1. The van der Waals surface area contributed by atoms with E-state index >= 15 is 0 Å². The first-order chi connectivity index (χ1) is 18.8. The predicted octanol–water partition coefficient (Wildman–Crippen LogP) is 5.82. The zero-order valence-corrected chi connectivity index (χ0v) is 22.1. The minimum absolute atomic E-state index is 0.153. The van der Waals surface area contributed by atoms with Gasteiger partial charge in [0.15, 0.2) is 11.5 Å². The van der Waals surface area contributed by atoms with E-state index in [1.807, 2.05) is 13.0 Å². The van der Waals surface area contributed by atoms with Crippen molar-refractivity contribution in [3.63, 3.8) is 0 Å². The van der Waals surface area contributed by atoms with Crippen molar-refractivity contribution in [3.05, 3.63) is 72.5 Å². The molecular formula is C29H29FN4O5. The van der Waals surface area contributed by atoms with Crippen molar-refractivity contribution in [2.24, 2.45) is 0 Å². The molecule has 0 radical (unpaired) electrons. The number of carbonyl (C=O) groups is 2. The molecule has 0 fully saturated rings. The summed E-state index contributed by atoms with van der Waals surface area (Å²) in [5.74, 6) is 0.220. The van der Waals surface area contributed by atoms with Crippen LogP contribution in [0.1, 0.15) is 20.3 Å². The molecule has 0 bridgehead atoms. The second-order valence-corrected chi connectivity index (χ2v) is 8.54. The summed E-state index contributed by atoms with van der Waals surface area (Å²) in [7, 11) is 3.08. The number of carbonyl (C=O) groups excluding carboxylic acids is 2. The van der Waals surface area contributed by atoms with Crippen LogP contribution in [0.2, 0.25) is 0 Å². The highest BCUT2D eigenvalue weighted by Gasteiger charge is 2.25. The minimum atomic E-state index is -0.552. The molecule has 0 aliphatic heterocycles. The van der Waals surface area contributed by atoms with Crippen LogP contribution in [0, 0.1) is 5.82 Å². The number of anilines is 1. The summed E-state index contributed by atoms with van der Waals surface area (Å²) in [5, 5.41) is 10.3. The fraction of sp³-hybridized carbons (Fsp3) is 0.207. The third-order valence-corrected chi connectivity index (χ3v) is 5.78. The highest BCUT2D eigenvalue weighted by Crippen LogP contribution is 2.43. The van der Waals surface area contributed by atoms with Crippen molar-refractivity contribution < 1.29 is 28.2 Å². The van der Waals surface area contributed by atoms with Crippen molar-refractivity contribution in [2.45, 2.75) is 20.3 Å². The molecule has 39 heavy (non-hydrogen) atoms. The number of methoxy groups -OCH3 is 2. The molecule has 0 atom stereocenters. The predicted molar refractivity (Wildman–Crippen MR) is 146 cm³/mol. The standard InChI is InChI=1S/C29H29FN4O5/c1-5-16-31-29(36)32-22-11-6-19(7-12-22)26-27(20-8-15-24(37-3)25(17-20)38-4)33-34(28(26)39-18(2)35)23-13-9-21(30)10-14-23/h6-15,17H,5,16H2,1-4H3,(H2,31,32,36). The minimum Gasteiger partial charge on any atom is -0.493 e. The van der Waals surface area contributed by atoms with Gasteiger partial charge in [-0.15, -0.1) is 0 Å². The molecule has 1 heterocycles. The Morgan fingerprint density at radius 2 is 1.59 bits per heavy atom. The average Bonchev–Trinajstić information content (AvgIpc) is 3.30. The van der Waals surface area contributed by atoms with Crippen molar-refractivity contribution in [3.8, 4) is 45.5 Å². The van der Waals surface area contributed by atoms with Crippen LogP contribution in [-0.4, -0.2) is 42.5 Å². The summed E-state index contributed by atoms with van der Waals surface area (Å²) >= 11 is 0. The third-order valence-electron chi connectivity index (χ3n) is 5.78. The SMILES string of the molecule is CCCNC(=O)Nc1ccc(-c2c(-c3ccc(OC)c(OC)c3)nn(-c3ccc(F)cc3)c2OC(C)=O)cc1. The van der Waals surface area contributed by atoms with Gasteiger partial charge in [-0.05, 0) is 66.6 Å². The summed E-state index contributed by atoms with van der Waals surface area (Å²) < 4.78 is 31.7. The molecule has 1 aromatic heterocycles. The van der Waals surface area contributed by atoms with E-state index in [0.717, 1.165) is 6.42 Å². The summed E-state index contributed by atoms with van der Waals surface area (Å²) in [6.07, 6.45) is 0.822. The average molecular weight is 533 g/mol. The lowest BCUT2D eigenvalue weighted by atomic mass is 10.0. The van der Waals surface area contributed by atoms with E-state index in [9.17, 15) is 14.0 Å². The highest BCUT2D eigenvalue weighted by molar-refractivity contribution is 5.91. The maximum atomic E-state index is 13.7. The first kappa shape index (κ1) is 27.2. The van der Waals surface area contributed by atoms with Gasteiger partial charge in [-0.2, -0.15) is 9.78 Å². The van der Waals surface area contributed by atoms with E-state index in [2.05, 4.69) is 10.6 Å². The van der Waals surface area contributed by atoms with Crippen LogP contribution < -0.4 is 24.8 Å². The van der Waals surface area contributed by atoms with Crippen molar-refractivity contribution in [2.75, 3.05) is 26.1 Å². The number of aromatic nitrogens is 2. The maximum absolute atomic E-state index is 13.7. The number of halogens is 1. The Kier molecular flexibility index (Phi) is 8.45. The molecule has 0 saturated heterocycles. The van der Waals surface area contributed by atoms with Gasteiger partial charge in [0, 0.05) is 24.7 Å². The molecule has 2 amide bonds. The van der Waals surface area contributed by atoms with Gasteiger partial charge >= 0.3 is 12.0 Å². The molecule has 4 rings (SSSR count). The molecule has 10 heteroatoms. The lowest BCUT2D eigenvalue weighted by molar-refractivity contribution is -0.132. The third kappa shape index (κ3) is 6.18. The topological polar surface area (TPSA) is 104 Å². The Hall–Kier alpha value is -4.86. The zero-order valence-electron chi connectivity index (χ0n) is 22.1. The zero-order chi connectivity index (χ0) is 27.9. The van der Waals surface area contributed by atoms with Gasteiger partial charge < -0.3 is 24.8 Å². The van der Waals surface area contributed by atoms with Crippen LogP contribution in [0.3, 0.4) is 0 Å². The van der Waals surface area contributed by atoms with Crippen LogP contribution in [0.15, 0.2) is 66.7 Å². The van der Waals surface area contributed by atoms with Gasteiger partial charge in [0.25, 0.3) is 0 Å². The van der Waals surface area contributed by atoms with E-state index in [4.69, 9.17) is 19.3 Å². The lowest BCUT2D eigenvalue weighted by Crippen LogP contribution is -2.29. The fourth-order valence-corrected chi connectivity index (χ4v) is 3.97. The first-order valence-corrected chi connectivity index (χ1v) is 12.3. The molecule has 0 aliphatic rings. The van der Waals surface area contributed by atoms with Gasteiger partial charge in [0.05, 0.1) is 25.5 Å². The summed E-state index contributed by atoms with van der Waals surface area (Å²) in [5.41, 5.74) is 3.41. The quantitative estimate of drug-likeness (QED) is 0.263. The first-order valence-electron chi connectivity index (χ1n) is 12.3. The molecule has 4 aromatic rings. The highest BCUT2D eigenvalue weighted by atomic mass is 19.1. The van der Waals surface area contributed by atoms with Gasteiger partial charge in [-0.1, -0.05) is 19.1 Å². The van der Waals surface area contributed by atoms with E-state index in [-0.39, 0.29) is 11.9 Å². The number of nitrogens with zero attached hydrogens (tertiary/aromatic N) is 2. The molecular weight excluding hydrogens is 503 g/mol. The molecule has 2 N–H and O–H groups in total. The number of amides is 2. The van der Waals surface area contributed by atoms with Crippen LogP contribution in [-0.2, 0) is 4.79 Å². The van der Waals surface area contributed by atoms with Crippen molar-refractivity contribution in [1.82, 2.24) is 15.1 Å². The Labute approximate surface area is 225 Å². The summed E-state index contributed by atoms with van der Waals surface area (Å²) in [6.45, 7) is 3.83. The Morgan fingerprint density at radius 1 is 0.923 bits per heavy atom. The normalized spacial score (nSPS) is 10.6. The number of urea groups is 1. The number of benzene rings is 3. The van der Waals surface area contributed by atoms with E-state index < -0.39 is 11.8 Å². The second-order valence-electron chi connectivity index (χ2n) is 8.54. The van der Waals surface area contributed by atoms with Gasteiger partial charge in [0.1, 0.15) is 11.5 Å². The summed E-state index contributed by atoms with van der Waals surface area (Å²) in [4.78, 5) is 24.3. The Morgan fingerprint density at radius 3 is 2.21 bits per heavy atom. The number of hydrogen-bond donors (Lipinski definition) is 2. The molecule has 0 spiro atoms. The molecule has 202 valence electrons. The Bertz CT molecular complexity index is 1470. The fourth-order valence-electron chi connectivity index (χ4n) is 3.97. The van der Waals surface area contributed by atoms with Crippen LogP contribution >= 0.6 is 0 Å². The van der Waals surface area contributed by atoms with Crippen LogP contribution in [0.4, 0.5) is 14.9 Å². The molecule has 0 unspecified atom stereocenters. The van der Waals surface area contributed by atoms with Crippen molar-refractivity contribution >= 4 is 17.7 Å². The molecule has 0 saturated carbocycles. The van der Waals surface area contributed by atoms with Crippen LogP contribution in [0.5, 0.6) is 17.4 Å². The smallest absolute Gasteiger partial charge is 0.319 e. The van der Waals surface area contributed by atoms with Gasteiger partial charge in [-0.3, -0.25) is 4.79 Å². The molecule has 9 nitrogen and oxygen atoms in total. The lowest BCUT2D eigenvalue weighted by Gasteiger charge is -2.11. The maximum Gasteiger partial charge on any atom is 0.319 e. The summed E-state index contributed by atoms with van der Waals surface area (Å²) in [6, 6.07) is 17.8. The van der Waals surface area contributed by atoms with Crippen molar-refractivity contribution in [1.29, 1.82) is 0 Å². The largest absolute Gasteiger partial charge is 0.493 e. The monoisotopic (exact) mass is 532 g/mol. The molecule has 0 aliphatic carbocycles. The number of hydrogen-bond acceptors (Lipinski definition) is 6. The van der Waals surface area contributed by atoms with Gasteiger partial charge in [0.2, 0.25) is 5.88 Å². The van der Waals surface area contributed by atoms with E-state index in [0.29, 0.717) is 51.8 Å². The molecule has 3 aromatic carbocycles. The number of ether oxygens (including phenoxy) is 3.